The second-order valence-corrected chi connectivity index (χ2v) is 6.52. The normalized spacial score (nSPS) is 26.0. The van der Waals surface area contributed by atoms with Gasteiger partial charge >= 0.3 is 0 Å². The first-order valence-electron chi connectivity index (χ1n) is 7.99. The molecule has 6 heteroatoms. The highest BCUT2D eigenvalue weighted by Crippen LogP contribution is 2.44. The first kappa shape index (κ1) is 17.8. The third kappa shape index (κ3) is 3.67. The van der Waals surface area contributed by atoms with Crippen molar-refractivity contribution in [3.05, 3.63) is 29.8 Å². The van der Waals surface area contributed by atoms with E-state index in [0.717, 1.165) is 43.6 Å². The van der Waals surface area contributed by atoms with Gasteiger partial charge in [0.05, 0.1) is 11.8 Å². The summed E-state index contributed by atoms with van der Waals surface area (Å²) < 4.78 is 0. The number of carbonyl (C=O) groups is 2. The fourth-order valence-electron chi connectivity index (χ4n) is 3.85. The lowest BCUT2D eigenvalue weighted by atomic mass is 9.67. The fourth-order valence-corrected chi connectivity index (χ4v) is 3.85. The second-order valence-electron chi connectivity index (χ2n) is 6.52. The van der Waals surface area contributed by atoms with Crippen LogP contribution in [0.4, 0.5) is 5.69 Å². The molecule has 5 nitrogen and oxygen atoms in total. The standard InChI is InChI=1S/C17H23N3O2.ClH/c18-15(21)9-12-4-6-14(7-5-12)20-16(22)17-8-2-1-3-13(17)10-19-11-17;/h4-7,13,19H,1-3,8-11H2,(H2,18,21)(H,20,22);1H/t13-,17+;/m0./s1. The number of halogens is 1. The maximum absolute atomic E-state index is 12.8. The lowest BCUT2D eigenvalue weighted by Gasteiger charge is -2.37. The Morgan fingerprint density at radius 1 is 1.26 bits per heavy atom. The predicted octanol–water partition coefficient (Wildman–Crippen LogP) is 1.85. The van der Waals surface area contributed by atoms with E-state index in [4.69, 9.17) is 5.73 Å². The van der Waals surface area contributed by atoms with Crippen LogP contribution < -0.4 is 16.4 Å². The summed E-state index contributed by atoms with van der Waals surface area (Å²) in [4.78, 5) is 23.7. The summed E-state index contributed by atoms with van der Waals surface area (Å²) in [6.07, 6.45) is 4.69. The average molecular weight is 338 g/mol. The second kappa shape index (κ2) is 7.32. The zero-order valence-corrected chi connectivity index (χ0v) is 14.0. The number of amides is 2. The van der Waals surface area contributed by atoms with E-state index in [9.17, 15) is 9.59 Å². The summed E-state index contributed by atoms with van der Waals surface area (Å²) in [5.41, 5.74) is 6.58. The fraction of sp³-hybridized carbons (Fsp3) is 0.529. The van der Waals surface area contributed by atoms with E-state index in [1.165, 1.54) is 6.42 Å². The molecule has 1 aliphatic carbocycles. The SMILES string of the molecule is Cl.NC(=O)Cc1ccc(NC(=O)[C@@]23CCCC[C@H]2CNC3)cc1. The number of primary amides is 1. The van der Waals surface area contributed by atoms with Crippen molar-refractivity contribution in [2.24, 2.45) is 17.1 Å². The topological polar surface area (TPSA) is 84.2 Å². The maximum Gasteiger partial charge on any atom is 0.232 e. The quantitative estimate of drug-likeness (QED) is 0.784. The van der Waals surface area contributed by atoms with E-state index < -0.39 is 0 Å². The number of carbonyl (C=O) groups excluding carboxylic acids is 2. The van der Waals surface area contributed by atoms with Gasteiger partial charge in [-0.15, -0.1) is 12.4 Å². The van der Waals surface area contributed by atoms with Crippen LogP contribution in [-0.4, -0.2) is 24.9 Å². The molecule has 1 aromatic rings. The van der Waals surface area contributed by atoms with Gasteiger partial charge in [-0.25, -0.2) is 0 Å². The van der Waals surface area contributed by atoms with Crippen molar-refractivity contribution < 1.29 is 9.59 Å². The number of rotatable bonds is 4. The Hall–Kier alpha value is -1.59. The van der Waals surface area contributed by atoms with Crippen molar-refractivity contribution in [3.8, 4) is 0 Å². The van der Waals surface area contributed by atoms with Crippen molar-refractivity contribution in [2.45, 2.75) is 32.1 Å². The first-order chi connectivity index (χ1) is 10.6. The summed E-state index contributed by atoms with van der Waals surface area (Å²) in [7, 11) is 0. The number of nitrogens with two attached hydrogens (primary N) is 1. The summed E-state index contributed by atoms with van der Waals surface area (Å²) in [5.74, 6) is 0.234. The van der Waals surface area contributed by atoms with Crippen LogP contribution >= 0.6 is 12.4 Å². The molecule has 4 N–H and O–H groups in total. The molecule has 126 valence electrons. The van der Waals surface area contributed by atoms with E-state index >= 15 is 0 Å². The number of nitrogens with one attached hydrogen (secondary N) is 2. The first-order valence-corrected chi connectivity index (χ1v) is 7.99. The van der Waals surface area contributed by atoms with Gasteiger partial charge in [-0.3, -0.25) is 9.59 Å². The third-order valence-electron chi connectivity index (χ3n) is 5.08. The van der Waals surface area contributed by atoms with E-state index in [0.29, 0.717) is 5.92 Å². The lowest BCUT2D eigenvalue weighted by molar-refractivity contribution is -0.128. The molecule has 0 radical (unpaired) electrons. The molecule has 2 aliphatic rings. The largest absolute Gasteiger partial charge is 0.369 e. The average Bonchev–Trinajstić information content (AvgIpc) is 2.94. The van der Waals surface area contributed by atoms with E-state index in [-0.39, 0.29) is 36.1 Å². The number of anilines is 1. The Kier molecular flexibility index (Phi) is 5.65. The molecular weight excluding hydrogens is 314 g/mol. The molecule has 23 heavy (non-hydrogen) atoms. The van der Waals surface area contributed by atoms with Crippen molar-refractivity contribution in [1.29, 1.82) is 0 Å². The number of hydrogen-bond acceptors (Lipinski definition) is 3. The van der Waals surface area contributed by atoms with Crippen molar-refractivity contribution in [3.63, 3.8) is 0 Å². The predicted molar refractivity (Wildman–Crippen MR) is 92.5 cm³/mol. The van der Waals surface area contributed by atoms with Crippen LogP contribution in [0.5, 0.6) is 0 Å². The molecule has 1 heterocycles. The van der Waals surface area contributed by atoms with Gasteiger partial charge in [-0.1, -0.05) is 25.0 Å². The molecule has 1 saturated heterocycles. The van der Waals surface area contributed by atoms with Crippen LogP contribution in [0, 0.1) is 11.3 Å². The van der Waals surface area contributed by atoms with Crippen LogP contribution in [0.1, 0.15) is 31.2 Å². The summed E-state index contributed by atoms with van der Waals surface area (Å²) in [5, 5.41) is 6.45. The number of benzene rings is 1. The summed E-state index contributed by atoms with van der Waals surface area (Å²) in [6.45, 7) is 1.73. The molecule has 0 aromatic heterocycles. The molecule has 1 aromatic carbocycles. The molecule has 2 atom stereocenters. The number of hydrogen-bond donors (Lipinski definition) is 3. The molecule has 0 spiro atoms. The summed E-state index contributed by atoms with van der Waals surface area (Å²) >= 11 is 0. The van der Waals surface area contributed by atoms with Gasteiger partial charge in [-0.05, 0) is 43.0 Å². The van der Waals surface area contributed by atoms with Gasteiger partial charge in [0, 0.05) is 12.2 Å². The van der Waals surface area contributed by atoms with Crippen LogP contribution in [0.2, 0.25) is 0 Å². The van der Waals surface area contributed by atoms with Crippen molar-refractivity contribution in [2.75, 3.05) is 18.4 Å². The van der Waals surface area contributed by atoms with E-state index in [2.05, 4.69) is 10.6 Å². The van der Waals surface area contributed by atoms with Gasteiger partial charge in [0.1, 0.15) is 0 Å². The van der Waals surface area contributed by atoms with Gasteiger partial charge in [-0.2, -0.15) is 0 Å². The Labute approximate surface area is 142 Å². The minimum absolute atomic E-state index is 0. The minimum Gasteiger partial charge on any atom is -0.369 e. The molecule has 2 fully saturated rings. The smallest absolute Gasteiger partial charge is 0.232 e. The lowest BCUT2D eigenvalue weighted by Crippen LogP contribution is -2.44. The van der Waals surface area contributed by atoms with Gasteiger partial charge < -0.3 is 16.4 Å². The van der Waals surface area contributed by atoms with E-state index in [1.54, 1.807) is 0 Å². The monoisotopic (exact) mass is 337 g/mol. The van der Waals surface area contributed by atoms with Crippen LogP contribution in [0.25, 0.3) is 0 Å². The van der Waals surface area contributed by atoms with Crippen LogP contribution in [0.15, 0.2) is 24.3 Å². The Morgan fingerprint density at radius 2 is 2.00 bits per heavy atom. The molecular formula is C17H24ClN3O2. The highest BCUT2D eigenvalue weighted by atomic mass is 35.5. The third-order valence-corrected chi connectivity index (χ3v) is 5.08. The molecule has 0 bridgehead atoms. The molecule has 1 aliphatic heterocycles. The van der Waals surface area contributed by atoms with Crippen LogP contribution in [-0.2, 0) is 16.0 Å². The van der Waals surface area contributed by atoms with Gasteiger partial charge in [0.25, 0.3) is 0 Å². The Balaban J connectivity index is 0.00000192. The van der Waals surface area contributed by atoms with E-state index in [1.807, 2.05) is 24.3 Å². The summed E-state index contributed by atoms with van der Waals surface area (Å²) in [6, 6.07) is 7.35. The maximum atomic E-state index is 12.8. The number of fused-ring (bicyclic) bond motifs is 1. The Morgan fingerprint density at radius 3 is 2.70 bits per heavy atom. The molecule has 2 amide bonds. The minimum atomic E-state index is -0.349. The zero-order chi connectivity index (χ0) is 15.6. The van der Waals surface area contributed by atoms with Crippen molar-refractivity contribution >= 4 is 29.9 Å². The molecule has 0 unspecified atom stereocenters. The van der Waals surface area contributed by atoms with Crippen LogP contribution in [0.3, 0.4) is 0 Å². The van der Waals surface area contributed by atoms with Gasteiger partial charge in [0.2, 0.25) is 11.8 Å². The highest BCUT2D eigenvalue weighted by molar-refractivity contribution is 5.96. The molecule has 3 rings (SSSR count). The molecule has 1 saturated carbocycles. The zero-order valence-electron chi connectivity index (χ0n) is 13.1. The Bertz CT molecular complexity index is 576. The van der Waals surface area contributed by atoms with Gasteiger partial charge in [0.15, 0.2) is 0 Å². The van der Waals surface area contributed by atoms with Crippen molar-refractivity contribution in [1.82, 2.24) is 5.32 Å². The highest BCUT2D eigenvalue weighted by Gasteiger charge is 2.49.